The summed E-state index contributed by atoms with van der Waals surface area (Å²) in [7, 11) is 0. The molecule has 0 spiro atoms. The maximum atomic E-state index is 14.0. The fourth-order valence-corrected chi connectivity index (χ4v) is 5.86. The molecule has 4 aromatic rings. The summed E-state index contributed by atoms with van der Waals surface area (Å²) in [4.78, 5) is 41.5. The lowest BCUT2D eigenvalue weighted by atomic mass is 9.84. The Hall–Kier alpha value is -4.31. The van der Waals surface area contributed by atoms with E-state index < -0.39 is 28.5 Å². The number of ketones is 2. The van der Waals surface area contributed by atoms with Gasteiger partial charge in [-0.1, -0.05) is 104 Å². The first-order valence-corrected chi connectivity index (χ1v) is 11.6. The summed E-state index contributed by atoms with van der Waals surface area (Å²) in [5.74, 6) is -1.53. The molecule has 1 aliphatic carbocycles. The number of fused-ring (bicyclic) bond motifs is 5. The van der Waals surface area contributed by atoms with E-state index in [0.29, 0.717) is 11.3 Å². The molecule has 1 aliphatic heterocycles. The number of esters is 1. The normalized spacial score (nSPS) is 24.5. The number of ether oxygens (including phenoxy) is 1. The number of carbonyl (C=O) groups excluding carboxylic acids is 3. The van der Waals surface area contributed by atoms with Crippen molar-refractivity contribution in [2.75, 3.05) is 0 Å². The average Bonchev–Trinajstić information content (AvgIpc) is 3.50. The molecule has 1 saturated carbocycles. The summed E-state index contributed by atoms with van der Waals surface area (Å²) >= 11 is 0. The molecule has 6 rings (SSSR count). The van der Waals surface area contributed by atoms with E-state index in [1.807, 2.05) is 66.7 Å². The molecule has 35 heavy (non-hydrogen) atoms. The van der Waals surface area contributed by atoms with Crippen molar-refractivity contribution >= 4 is 34.4 Å². The Morgan fingerprint density at radius 2 is 1.49 bits per heavy atom. The molecular formula is C31H22O4. The fourth-order valence-electron chi connectivity index (χ4n) is 5.86. The van der Waals surface area contributed by atoms with Crippen molar-refractivity contribution < 1.29 is 19.1 Å². The van der Waals surface area contributed by atoms with Crippen molar-refractivity contribution in [3.63, 3.8) is 0 Å². The molecule has 0 radical (unpaired) electrons. The van der Waals surface area contributed by atoms with E-state index in [2.05, 4.69) is 0 Å². The average molecular weight is 459 g/mol. The van der Waals surface area contributed by atoms with Gasteiger partial charge in [-0.3, -0.25) is 14.4 Å². The largest absolute Gasteiger partial charge is 0.425 e. The van der Waals surface area contributed by atoms with Crippen molar-refractivity contribution in [2.45, 2.75) is 12.8 Å². The van der Waals surface area contributed by atoms with Crippen LogP contribution in [-0.4, -0.2) is 17.5 Å². The standard InChI is InChI=1S/C31H22O4/c1-30(28(33)22-13-6-3-7-14-22)27-26-23-15-9-8-12-21(23)17-18-24(26)35-29(34)31(27,30)25(32)19-16-20-10-4-2-5-11-20/h2-19,27H,1H3/b19-16+. The Labute approximate surface area is 202 Å². The van der Waals surface area contributed by atoms with Gasteiger partial charge in [0, 0.05) is 17.0 Å². The van der Waals surface area contributed by atoms with Gasteiger partial charge in [0.2, 0.25) is 0 Å². The van der Waals surface area contributed by atoms with Crippen molar-refractivity contribution in [3.8, 4) is 5.75 Å². The number of benzene rings is 4. The van der Waals surface area contributed by atoms with Crippen LogP contribution in [-0.2, 0) is 9.59 Å². The minimum absolute atomic E-state index is 0.234. The Balaban J connectivity index is 1.56. The van der Waals surface area contributed by atoms with E-state index in [1.165, 1.54) is 6.08 Å². The predicted octanol–water partition coefficient (Wildman–Crippen LogP) is 6.01. The first kappa shape index (κ1) is 21.2. The minimum Gasteiger partial charge on any atom is -0.425 e. The van der Waals surface area contributed by atoms with Gasteiger partial charge < -0.3 is 4.74 Å². The monoisotopic (exact) mass is 458 g/mol. The first-order valence-electron chi connectivity index (χ1n) is 11.6. The maximum Gasteiger partial charge on any atom is 0.327 e. The van der Waals surface area contributed by atoms with Crippen molar-refractivity contribution in [1.82, 2.24) is 0 Å². The molecule has 0 bridgehead atoms. The van der Waals surface area contributed by atoms with Crippen LogP contribution in [0.15, 0.2) is 103 Å². The molecule has 170 valence electrons. The molecule has 4 aromatic carbocycles. The molecule has 0 amide bonds. The summed E-state index contributed by atoms with van der Waals surface area (Å²) in [6.45, 7) is 1.74. The van der Waals surface area contributed by atoms with Gasteiger partial charge in [0.15, 0.2) is 17.0 Å². The van der Waals surface area contributed by atoms with Gasteiger partial charge >= 0.3 is 5.97 Å². The second kappa shape index (κ2) is 7.60. The van der Waals surface area contributed by atoms with Crippen LogP contribution in [0.2, 0.25) is 0 Å². The highest BCUT2D eigenvalue weighted by Crippen LogP contribution is 2.79. The van der Waals surface area contributed by atoms with Crippen LogP contribution >= 0.6 is 0 Å². The summed E-state index contributed by atoms with van der Waals surface area (Å²) in [5.41, 5.74) is -0.851. The second-order valence-electron chi connectivity index (χ2n) is 9.33. The van der Waals surface area contributed by atoms with Crippen molar-refractivity contribution in [3.05, 3.63) is 120 Å². The highest BCUT2D eigenvalue weighted by Gasteiger charge is 2.87. The highest BCUT2D eigenvalue weighted by atomic mass is 16.5. The molecule has 4 nitrogen and oxygen atoms in total. The van der Waals surface area contributed by atoms with Crippen LogP contribution in [0.3, 0.4) is 0 Å². The summed E-state index contributed by atoms with van der Waals surface area (Å²) in [6, 6.07) is 29.7. The number of hydrogen-bond donors (Lipinski definition) is 0. The van der Waals surface area contributed by atoms with Crippen LogP contribution in [0.25, 0.3) is 16.8 Å². The SMILES string of the molecule is CC1(C(=O)c2ccccc2)C2c3c(ccc4ccccc34)OC(=O)C21C(=O)/C=C/c1ccccc1. The van der Waals surface area contributed by atoms with Crippen molar-refractivity contribution in [2.24, 2.45) is 10.8 Å². The Morgan fingerprint density at radius 1 is 0.829 bits per heavy atom. The van der Waals surface area contributed by atoms with Crippen LogP contribution in [0.5, 0.6) is 5.75 Å². The lowest BCUT2D eigenvalue weighted by Gasteiger charge is -2.23. The molecular weight excluding hydrogens is 436 g/mol. The summed E-state index contributed by atoms with van der Waals surface area (Å²) in [6.07, 6.45) is 3.11. The van der Waals surface area contributed by atoms with Crippen LogP contribution in [0.4, 0.5) is 0 Å². The zero-order valence-electron chi connectivity index (χ0n) is 19.1. The van der Waals surface area contributed by atoms with E-state index in [4.69, 9.17) is 4.74 Å². The summed E-state index contributed by atoms with van der Waals surface area (Å²) < 4.78 is 5.81. The zero-order chi connectivity index (χ0) is 24.2. The lowest BCUT2D eigenvalue weighted by Crippen LogP contribution is -2.38. The van der Waals surface area contributed by atoms with Gasteiger partial charge in [0.05, 0.1) is 5.41 Å². The van der Waals surface area contributed by atoms with E-state index in [9.17, 15) is 14.4 Å². The van der Waals surface area contributed by atoms with Gasteiger partial charge in [-0.2, -0.15) is 0 Å². The third kappa shape index (κ3) is 2.83. The molecule has 0 N–H and O–H groups in total. The van der Waals surface area contributed by atoms with Crippen LogP contribution in [0.1, 0.15) is 34.3 Å². The predicted molar refractivity (Wildman–Crippen MR) is 134 cm³/mol. The molecule has 2 aliphatic rings. The molecule has 4 heteroatoms. The Bertz CT molecular complexity index is 1540. The molecule has 3 unspecified atom stereocenters. The smallest absolute Gasteiger partial charge is 0.327 e. The molecule has 1 heterocycles. The quantitative estimate of drug-likeness (QED) is 0.121. The van der Waals surface area contributed by atoms with Gasteiger partial charge in [0.1, 0.15) is 5.75 Å². The van der Waals surface area contributed by atoms with Gasteiger partial charge in [-0.15, -0.1) is 0 Å². The van der Waals surface area contributed by atoms with E-state index in [0.717, 1.165) is 21.9 Å². The second-order valence-corrected chi connectivity index (χ2v) is 9.33. The van der Waals surface area contributed by atoms with E-state index in [1.54, 1.807) is 43.3 Å². The highest BCUT2D eigenvalue weighted by molar-refractivity contribution is 6.25. The topological polar surface area (TPSA) is 60.4 Å². The Morgan fingerprint density at radius 3 is 2.23 bits per heavy atom. The first-order chi connectivity index (χ1) is 17.0. The number of carbonyl (C=O) groups is 3. The maximum absolute atomic E-state index is 14.0. The van der Waals surface area contributed by atoms with Gasteiger partial charge in [-0.25, -0.2) is 0 Å². The van der Waals surface area contributed by atoms with E-state index >= 15 is 0 Å². The van der Waals surface area contributed by atoms with Gasteiger partial charge in [0.25, 0.3) is 0 Å². The zero-order valence-corrected chi connectivity index (χ0v) is 19.1. The van der Waals surface area contributed by atoms with Crippen LogP contribution in [0, 0.1) is 10.8 Å². The van der Waals surface area contributed by atoms with E-state index in [-0.39, 0.29) is 5.78 Å². The Kier molecular flexibility index (Phi) is 4.61. The minimum atomic E-state index is -1.62. The third-order valence-electron chi connectivity index (χ3n) is 7.61. The number of Topliss-reactive ketones (excluding diaryl/α,β-unsaturated/α-hetero) is 1. The third-order valence-corrected chi connectivity index (χ3v) is 7.61. The molecule has 3 atom stereocenters. The summed E-state index contributed by atoms with van der Waals surface area (Å²) in [5, 5.41) is 1.85. The van der Waals surface area contributed by atoms with Crippen molar-refractivity contribution in [1.29, 1.82) is 0 Å². The lowest BCUT2D eigenvalue weighted by molar-refractivity contribution is -0.147. The number of hydrogen-bond acceptors (Lipinski definition) is 4. The number of allylic oxidation sites excluding steroid dienone is 1. The molecule has 0 saturated heterocycles. The van der Waals surface area contributed by atoms with Crippen LogP contribution < -0.4 is 4.74 Å². The molecule has 1 fully saturated rings. The molecule has 0 aromatic heterocycles. The number of rotatable bonds is 5. The van der Waals surface area contributed by atoms with Gasteiger partial charge in [-0.05, 0) is 28.5 Å². The fraction of sp³-hybridized carbons (Fsp3) is 0.129.